The second-order valence-corrected chi connectivity index (χ2v) is 4.69. The van der Waals surface area contributed by atoms with Crippen LogP contribution in [0.3, 0.4) is 0 Å². The van der Waals surface area contributed by atoms with Gasteiger partial charge in [-0.05, 0) is 25.7 Å². The van der Waals surface area contributed by atoms with Gasteiger partial charge in [-0.25, -0.2) is 0 Å². The van der Waals surface area contributed by atoms with Gasteiger partial charge < -0.3 is 20.9 Å². The van der Waals surface area contributed by atoms with Crippen LogP contribution in [0.1, 0.15) is 26.7 Å². The third-order valence-corrected chi connectivity index (χ3v) is 3.34. The smallest absolute Gasteiger partial charge is 0.240 e. The monoisotopic (exact) mass is 230 g/mol. The number of rotatable bonds is 4. The Morgan fingerprint density at radius 3 is 2.56 bits per heavy atom. The van der Waals surface area contributed by atoms with Crippen molar-refractivity contribution in [2.45, 2.75) is 38.3 Å². The van der Waals surface area contributed by atoms with E-state index in [1.54, 1.807) is 0 Å². The number of hydrogen-bond acceptors (Lipinski definition) is 4. The van der Waals surface area contributed by atoms with Crippen LogP contribution in [0, 0.1) is 5.92 Å². The summed E-state index contributed by atoms with van der Waals surface area (Å²) in [5, 5.41) is 11.9. The van der Waals surface area contributed by atoms with Gasteiger partial charge in [-0.15, -0.1) is 0 Å². The predicted molar refractivity (Wildman–Crippen MR) is 60.8 cm³/mol. The van der Waals surface area contributed by atoms with E-state index in [1.165, 1.54) is 0 Å². The topological polar surface area (TPSA) is 84.6 Å². The highest BCUT2D eigenvalue weighted by Crippen LogP contribution is 2.18. The molecular weight excluding hydrogens is 208 g/mol. The minimum atomic E-state index is -0.804. The van der Waals surface area contributed by atoms with Crippen LogP contribution in [0.25, 0.3) is 0 Å². The van der Waals surface area contributed by atoms with Gasteiger partial charge in [0.05, 0.1) is 5.54 Å². The van der Waals surface area contributed by atoms with Crippen molar-refractivity contribution in [1.29, 1.82) is 0 Å². The molecule has 5 nitrogen and oxygen atoms in total. The van der Waals surface area contributed by atoms with Crippen LogP contribution in [0.15, 0.2) is 0 Å². The van der Waals surface area contributed by atoms with Gasteiger partial charge >= 0.3 is 0 Å². The maximum absolute atomic E-state index is 12.0. The first-order valence-electron chi connectivity index (χ1n) is 5.78. The highest BCUT2D eigenvalue weighted by atomic mass is 16.5. The Hall–Kier alpha value is -0.650. The molecule has 1 aliphatic heterocycles. The molecule has 1 rings (SSSR count). The number of carbonyl (C=O) groups is 1. The molecule has 5 heteroatoms. The van der Waals surface area contributed by atoms with E-state index in [2.05, 4.69) is 5.32 Å². The molecule has 1 amide bonds. The molecule has 4 N–H and O–H groups in total. The third kappa shape index (κ3) is 3.17. The zero-order valence-corrected chi connectivity index (χ0v) is 10.0. The summed E-state index contributed by atoms with van der Waals surface area (Å²) in [6.45, 7) is 4.89. The van der Waals surface area contributed by atoms with Gasteiger partial charge in [0.1, 0.15) is 0 Å². The Bertz CT molecular complexity index is 239. The molecule has 0 saturated carbocycles. The lowest BCUT2D eigenvalue weighted by Crippen LogP contribution is -2.59. The van der Waals surface area contributed by atoms with Gasteiger partial charge in [0.2, 0.25) is 5.91 Å². The van der Waals surface area contributed by atoms with Crippen molar-refractivity contribution in [1.82, 2.24) is 5.32 Å². The van der Waals surface area contributed by atoms with Crippen molar-refractivity contribution in [2.24, 2.45) is 11.7 Å². The van der Waals surface area contributed by atoms with E-state index in [9.17, 15) is 4.79 Å². The normalized spacial score (nSPS) is 23.5. The quantitative estimate of drug-likeness (QED) is 0.615. The van der Waals surface area contributed by atoms with Crippen LogP contribution in [-0.2, 0) is 9.53 Å². The summed E-state index contributed by atoms with van der Waals surface area (Å²) in [4.78, 5) is 12.0. The second-order valence-electron chi connectivity index (χ2n) is 4.69. The molecule has 0 radical (unpaired) electrons. The Balaban J connectivity index is 2.50. The molecule has 16 heavy (non-hydrogen) atoms. The molecule has 0 bridgehead atoms. The summed E-state index contributed by atoms with van der Waals surface area (Å²) in [5.41, 5.74) is 5.23. The first-order chi connectivity index (χ1) is 7.49. The molecule has 0 aliphatic carbocycles. The van der Waals surface area contributed by atoms with Gasteiger partial charge in [0.25, 0.3) is 0 Å². The summed E-state index contributed by atoms with van der Waals surface area (Å²) in [7, 11) is 0. The largest absolute Gasteiger partial charge is 0.396 e. The standard InChI is InChI=1S/C11H22N2O3/c1-8(7-14)9(2)13-10(15)11(12)3-5-16-6-4-11/h8-9,14H,3-7,12H2,1-2H3,(H,13,15). The zero-order valence-electron chi connectivity index (χ0n) is 10.0. The number of carbonyl (C=O) groups excluding carboxylic acids is 1. The van der Waals surface area contributed by atoms with E-state index >= 15 is 0 Å². The van der Waals surface area contributed by atoms with E-state index in [1.807, 2.05) is 13.8 Å². The fourth-order valence-electron chi connectivity index (χ4n) is 1.61. The molecule has 1 heterocycles. The van der Waals surface area contributed by atoms with Crippen LogP contribution in [0.5, 0.6) is 0 Å². The van der Waals surface area contributed by atoms with Crippen LogP contribution < -0.4 is 11.1 Å². The number of aliphatic hydroxyl groups is 1. The van der Waals surface area contributed by atoms with Gasteiger partial charge in [0, 0.05) is 25.9 Å². The summed E-state index contributed by atoms with van der Waals surface area (Å²) in [6, 6.07) is -0.0687. The predicted octanol–water partition coefficient (Wildman–Crippen LogP) is -0.373. The lowest BCUT2D eigenvalue weighted by molar-refractivity contribution is -0.130. The highest BCUT2D eigenvalue weighted by Gasteiger charge is 2.36. The zero-order chi connectivity index (χ0) is 12.2. The maximum Gasteiger partial charge on any atom is 0.240 e. The van der Waals surface area contributed by atoms with Gasteiger partial charge in [-0.1, -0.05) is 6.92 Å². The molecule has 1 fully saturated rings. The summed E-state index contributed by atoms with van der Waals surface area (Å²) < 4.78 is 5.19. The Morgan fingerprint density at radius 1 is 1.50 bits per heavy atom. The summed E-state index contributed by atoms with van der Waals surface area (Å²) in [5.74, 6) is -0.101. The molecule has 0 aromatic heterocycles. The second kappa shape index (κ2) is 5.61. The van der Waals surface area contributed by atoms with Crippen LogP contribution in [0.2, 0.25) is 0 Å². The highest BCUT2D eigenvalue weighted by molar-refractivity contribution is 5.86. The number of hydrogen-bond donors (Lipinski definition) is 3. The molecule has 0 aromatic carbocycles. The molecule has 1 aliphatic rings. The third-order valence-electron chi connectivity index (χ3n) is 3.34. The van der Waals surface area contributed by atoms with E-state index in [0.29, 0.717) is 26.1 Å². The minimum Gasteiger partial charge on any atom is -0.396 e. The molecule has 0 spiro atoms. The average Bonchev–Trinajstić information content (AvgIpc) is 2.28. The van der Waals surface area contributed by atoms with Gasteiger partial charge in [0.15, 0.2) is 0 Å². The molecule has 2 atom stereocenters. The molecule has 0 aromatic rings. The van der Waals surface area contributed by atoms with Crippen LogP contribution in [-0.4, -0.2) is 42.4 Å². The fourth-order valence-corrected chi connectivity index (χ4v) is 1.61. The van der Waals surface area contributed by atoms with Crippen molar-refractivity contribution < 1.29 is 14.6 Å². The fraction of sp³-hybridized carbons (Fsp3) is 0.909. The van der Waals surface area contributed by atoms with Crippen LogP contribution >= 0.6 is 0 Å². The van der Waals surface area contributed by atoms with Gasteiger partial charge in [-0.3, -0.25) is 4.79 Å². The summed E-state index contributed by atoms with van der Waals surface area (Å²) in [6.07, 6.45) is 1.11. The van der Waals surface area contributed by atoms with E-state index in [0.717, 1.165) is 0 Å². The lowest BCUT2D eigenvalue weighted by Gasteiger charge is -2.33. The van der Waals surface area contributed by atoms with Crippen molar-refractivity contribution >= 4 is 5.91 Å². The molecular formula is C11H22N2O3. The first-order valence-corrected chi connectivity index (χ1v) is 5.78. The van der Waals surface area contributed by atoms with E-state index < -0.39 is 5.54 Å². The Labute approximate surface area is 96.3 Å². The van der Waals surface area contributed by atoms with Crippen molar-refractivity contribution in [3.63, 3.8) is 0 Å². The van der Waals surface area contributed by atoms with E-state index in [-0.39, 0.29) is 24.5 Å². The summed E-state index contributed by atoms with van der Waals surface area (Å²) >= 11 is 0. The Kier molecular flexibility index (Phi) is 4.70. The lowest BCUT2D eigenvalue weighted by atomic mass is 9.89. The molecule has 94 valence electrons. The van der Waals surface area contributed by atoms with Crippen molar-refractivity contribution in [3.05, 3.63) is 0 Å². The number of amides is 1. The average molecular weight is 230 g/mol. The Morgan fingerprint density at radius 2 is 2.06 bits per heavy atom. The number of nitrogens with two attached hydrogens (primary N) is 1. The van der Waals surface area contributed by atoms with Crippen LogP contribution in [0.4, 0.5) is 0 Å². The first kappa shape index (κ1) is 13.4. The van der Waals surface area contributed by atoms with Crippen molar-refractivity contribution in [2.75, 3.05) is 19.8 Å². The number of ether oxygens (including phenoxy) is 1. The number of aliphatic hydroxyl groups excluding tert-OH is 1. The SMILES string of the molecule is CC(CO)C(C)NC(=O)C1(N)CCOCC1. The van der Waals surface area contributed by atoms with Gasteiger partial charge in [-0.2, -0.15) is 0 Å². The van der Waals surface area contributed by atoms with Crippen molar-refractivity contribution in [3.8, 4) is 0 Å². The van der Waals surface area contributed by atoms with E-state index in [4.69, 9.17) is 15.6 Å². The minimum absolute atomic E-state index is 0.0346. The molecule has 2 unspecified atom stereocenters. The molecule has 1 saturated heterocycles. The maximum atomic E-state index is 12.0. The number of nitrogens with one attached hydrogen (secondary N) is 1.